The first-order chi connectivity index (χ1) is 10.7. The molecule has 2 heterocycles. The van der Waals surface area contributed by atoms with E-state index in [9.17, 15) is 0 Å². The van der Waals surface area contributed by atoms with Gasteiger partial charge in [-0.1, -0.05) is 44.2 Å². The number of aromatic amines is 1. The third kappa shape index (κ3) is 3.76. The SMILES string of the molecule is C[C@H]1CN(Cc2ccccc2)C[C@H](C)C1NCc1ncc[nH]1. The molecule has 0 bridgehead atoms. The highest BCUT2D eigenvalue weighted by Crippen LogP contribution is 2.23. The van der Waals surface area contributed by atoms with Gasteiger partial charge in [-0.15, -0.1) is 0 Å². The van der Waals surface area contributed by atoms with Crippen LogP contribution in [0.5, 0.6) is 0 Å². The number of nitrogens with one attached hydrogen (secondary N) is 2. The minimum atomic E-state index is 0.553. The first kappa shape index (κ1) is 15.3. The molecule has 4 nitrogen and oxygen atoms in total. The molecule has 0 aliphatic carbocycles. The summed E-state index contributed by atoms with van der Waals surface area (Å²) in [5.41, 5.74) is 1.41. The van der Waals surface area contributed by atoms with E-state index in [4.69, 9.17) is 0 Å². The van der Waals surface area contributed by atoms with Gasteiger partial charge in [0.05, 0.1) is 6.54 Å². The van der Waals surface area contributed by atoms with Crippen molar-refractivity contribution in [3.05, 3.63) is 54.1 Å². The molecule has 0 saturated carbocycles. The van der Waals surface area contributed by atoms with Crippen molar-refractivity contribution in [2.75, 3.05) is 13.1 Å². The second-order valence-electron chi connectivity index (χ2n) is 6.58. The standard InChI is InChI=1S/C18H26N4/c1-14-11-22(13-16-6-4-3-5-7-16)12-15(2)18(14)21-10-17-19-8-9-20-17/h3-9,14-15,18,21H,10-13H2,1-2H3,(H,19,20)/t14-,15-/m0/s1. The molecule has 1 aromatic carbocycles. The predicted molar refractivity (Wildman–Crippen MR) is 89.3 cm³/mol. The van der Waals surface area contributed by atoms with Crippen molar-refractivity contribution >= 4 is 0 Å². The maximum Gasteiger partial charge on any atom is 0.120 e. The lowest BCUT2D eigenvalue weighted by molar-refractivity contribution is 0.0936. The zero-order valence-corrected chi connectivity index (χ0v) is 13.5. The number of aromatic nitrogens is 2. The molecule has 118 valence electrons. The molecule has 0 radical (unpaired) electrons. The highest BCUT2D eigenvalue weighted by molar-refractivity contribution is 5.14. The van der Waals surface area contributed by atoms with Gasteiger partial charge in [0.25, 0.3) is 0 Å². The Labute approximate surface area is 133 Å². The summed E-state index contributed by atoms with van der Waals surface area (Å²) in [5.74, 6) is 2.30. The van der Waals surface area contributed by atoms with Gasteiger partial charge in [-0.2, -0.15) is 0 Å². The number of nitrogens with zero attached hydrogens (tertiary/aromatic N) is 2. The van der Waals surface area contributed by atoms with E-state index in [2.05, 4.69) is 64.4 Å². The molecule has 0 amide bonds. The Morgan fingerprint density at radius 1 is 1.18 bits per heavy atom. The van der Waals surface area contributed by atoms with Gasteiger partial charge < -0.3 is 10.3 Å². The topological polar surface area (TPSA) is 44.0 Å². The van der Waals surface area contributed by atoms with Crippen molar-refractivity contribution in [3.63, 3.8) is 0 Å². The van der Waals surface area contributed by atoms with Crippen LogP contribution in [-0.4, -0.2) is 34.0 Å². The lowest BCUT2D eigenvalue weighted by Crippen LogP contribution is -2.53. The van der Waals surface area contributed by atoms with E-state index >= 15 is 0 Å². The van der Waals surface area contributed by atoms with Gasteiger partial charge in [-0.05, 0) is 17.4 Å². The van der Waals surface area contributed by atoms with E-state index in [0.29, 0.717) is 17.9 Å². The molecule has 3 rings (SSSR count). The molecule has 4 heteroatoms. The van der Waals surface area contributed by atoms with Crippen molar-refractivity contribution in [2.45, 2.75) is 33.0 Å². The molecule has 1 aromatic heterocycles. The number of likely N-dealkylation sites (tertiary alicyclic amines) is 1. The van der Waals surface area contributed by atoms with E-state index in [1.807, 2.05) is 12.4 Å². The van der Waals surface area contributed by atoms with Gasteiger partial charge in [0.2, 0.25) is 0 Å². The maximum atomic E-state index is 4.29. The van der Waals surface area contributed by atoms with Crippen LogP contribution in [0.15, 0.2) is 42.7 Å². The van der Waals surface area contributed by atoms with Gasteiger partial charge in [0.15, 0.2) is 0 Å². The summed E-state index contributed by atoms with van der Waals surface area (Å²) in [5, 5.41) is 3.69. The Morgan fingerprint density at radius 3 is 2.55 bits per heavy atom. The van der Waals surface area contributed by atoms with Crippen molar-refractivity contribution < 1.29 is 0 Å². The zero-order chi connectivity index (χ0) is 15.4. The lowest BCUT2D eigenvalue weighted by Gasteiger charge is -2.42. The molecule has 1 aliphatic rings. The Kier molecular flexibility index (Phi) is 4.90. The first-order valence-electron chi connectivity index (χ1n) is 8.20. The number of imidazole rings is 1. The van der Waals surface area contributed by atoms with Crippen LogP contribution in [-0.2, 0) is 13.1 Å². The molecule has 2 aromatic rings. The van der Waals surface area contributed by atoms with Crippen LogP contribution in [0.25, 0.3) is 0 Å². The van der Waals surface area contributed by atoms with Crippen molar-refractivity contribution in [2.24, 2.45) is 11.8 Å². The molecule has 1 aliphatic heterocycles. The lowest BCUT2D eigenvalue weighted by atomic mass is 9.85. The van der Waals surface area contributed by atoms with Gasteiger partial charge in [0, 0.05) is 38.1 Å². The average molecular weight is 298 g/mol. The molecule has 1 fully saturated rings. The minimum Gasteiger partial charge on any atom is -0.348 e. The summed E-state index contributed by atoms with van der Waals surface area (Å²) in [6.07, 6.45) is 3.69. The highest BCUT2D eigenvalue weighted by Gasteiger charge is 2.31. The Bertz CT molecular complexity index is 540. The first-order valence-corrected chi connectivity index (χ1v) is 8.20. The van der Waals surface area contributed by atoms with Crippen LogP contribution in [0.4, 0.5) is 0 Å². The number of piperidine rings is 1. The van der Waals surface area contributed by atoms with Crippen molar-refractivity contribution in [1.82, 2.24) is 20.2 Å². The van der Waals surface area contributed by atoms with Crippen molar-refractivity contribution in [3.8, 4) is 0 Å². The average Bonchev–Trinajstić information content (AvgIpc) is 3.01. The molecular formula is C18H26N4. The summed E-state index contributed by atoms with van der Waals surface area (Å²) >= 11 is 0. The second kappa shape index (κ2) is 7.07. The third-order valence-electron chi connectivity index (χ3n) is 4.63. The molecule has 1 saturated heterocycles. The largest absolute Gasteiger partial charge is 0.348 e. The minimum absolute atomic E-state index is 0.553. The summed E-state index contributed by atoms with van der Waals surface area (Å²) in [7, 11) is 0. The van der Waals surface area contributed by atoms with Crippen molar-refractivity contribution in [1.29, 1.82) is 0 Å². The predicted octanol–water partition coefficient (Wildman–Crippen LogP) is 2.66. The normalized spacial score (nSPS) is 23.7. The molecule has 0 unspecified atom stereocenters. The Morgan fingerprint density at radius 2 is 1.91 bits per heavy atom. The smallest absolute Gasteiger partial charge is 0.120 e. The van der Waals surface area contributed by atoms with E-state index in [1.165, 1.54) is 5.56 Å². The van der Waals surface area contributed by atoms with Crippen LogP contribution in [0.1, 0.15) is 25.2 Å². The number of rotatable bonds is 5. The second-order valence-corrected chi connectivity index (χ2v) is 6.58. The fraction of sp³-hybridized carbons (Fsp3) is 0.500. The van der Waals surface area contributed by atoms with Crippen LogP contribution in [0.2, 0.25) is 0 Å². The Balaban J connectivity index is 1.54. The van der Waals surface area contributed by atoms with Crippen LogP contribution >= 0.6 is 0 Å². The van der Waals surface area contributed by atoms with Crippen LogP contribution in [0.3, 0.4) is 0 Å². The summed E-state index contributed by atoms with van der Waals surface area (Å²) in [6.45, 7) is 8.89. The zero-order valence-electron chi connectivity index (χ0n) is 13.5. The van der Waals surface area contributed by atoms with Crippen LogP contribution in [0, 0.1) is 11.8 Å². The molecule has 0 spiro atoms. The van der Waals surface area contributed by atoms with Gasteiger partial charge in [-0.25, -0.2) is 4.98 Å². The van der Waals surface area contributed by atoms with E-state index < -0.39 is 0 Å². The Hall–Kier alpha value is -1.65. The quantitative estimate of drug-likeness (QED) is 0.892. The number of H-pyrrole nitrogens is 1. The van der Waals surface area contributed by atoms with Gasteiger partial charge in [0.1, 0.15) is 5.82 Å². The molecule has 2 atom stereocenters. The number of hydrogen-bond acceptors (Lipinski definition) is 3. The molecule has 22 heavy (non-hydrogen) atoms. The number of benzene rings is 1. The summed E-state index contributed by atoms with van der Waals surface area (Å²) < 4.78 is 0. The third-order valence-corrected chi connectivity index (χ3v) is 4.63. The fourth-order valence-electron chi connectivity index (χ4n) is 3.66. The fourth-order valence-corrected chi connectivity index (χ4v) is 3.66. The number of hydrogen-bond donors (Lipinski definition) is 2. The van der Waals surface area contributed by atoms with E-state index in [0.717, 1.165) is 32.0 Å². The highest BCUT2D eigenvalue weighted by atomic mass is 15.2. The van der Waals surface area contributed by atoms with E-state index in [-0.39, 0.29) is 0 Å². The maximum absolute atomic E-state index is 4.29. The van der Waals surface area contributed by atoms with E-state index in [1.54, 1.807) is 0 Å². The molecular weight excluding hydrogens is 272 g/mol. The monoisotopic (exact) mass is 298 g/mol. The summed E-state index contributed by atoms with van der Waals surface area (Å²) in [6, 6.07) is 11.3. The summed E-state index contributed by atoms with van der Waals surface area (Å²) in [4.78, 5) is 10.0. The van der Waals surface area contributed by atoms with Crippen LogP contribution < -0.4 is 5.32 Å². The van der Waals surface area contributed by atoms with Gasteiger partial charge in [-0.3, -0.25) is 4.90 Å². The molecule has 2 N–H and O–H groups in total. The van der Waals surface area contributed by atoms with Gasteiger partial charge >= 0.3 is 0 Å².